The molecule has 0 unspecified atom stereocenters. The van der Waals surface area contributed by atoms with E-state index in [4.69, 9.17) is 0 Å². The van der Waals surface area contributed by atoms with E-state index in [0.717, 1.165) is 24.0 Å². The molecule has 0 radical (unpaired) electrons. The number of guanidine groups is 1. The minimum Gasteiger partial charge on any atom is -0.356 e. The summed E-state index contributed by atoms with van der Waals surface area (Å²) >= 11 is 0. The van der Waals surface area contributed by atoms with Gasteiger partial charge in [-0.2, -0.15) is 0 Å². The van der Waals surface area contributed by atoms with Gasteiger partial charge in [-0.3, -0.25) is 4.99 Å². The Bertz CT molecular complexity index is 654. The van der Waals surface area contributed by atoms with Crippen molar-refractivity contribution >= 4 is 39.8 Å². The van der Waals surface area contributed by atoms with Crippen molar-refractivity contribution < 1.29 is 8.42 Å². The molecule has 26 heavy (non-hydrogen) atoms. The molecule has 0 amide bonds. The van der Waals surface area contributed by atoms with Crippen LogP contribution in [-0.2, 0) is 16.4 Å². The van der Waals surface area contributed by atoms with Gasteiger partial charge in [0.25, 0.3) is 0 Å². The topological polar surface area (TPSA) is 70.6 Å². The fourth-order valence-electron chi connectivity index (χ4n) is 3.32. The van der Waals surface area contributed by atoms with Crippen molar-refractivity contribution in [2.75, 3.05) is 19.8 Å². The van der Waals surface area contributed by atoms with Gasteiger partial charge in [0.2, 0.25) is 0 Å². The predicted molar refractivity (Wildman–Crippen MR) is 119 cm³/mol. The molecule has 1 saturated carbocycles. The summed E-state index contributed by atoms with van der Waals surface area (Å²) in [6.07, 6.45) is 10.7. The maximum atomic E-state index is 11.5. The van der Waals surface area contributed by atoms with Crippen molar-refractivity contribution in [3.63, 3.8) is 0 Å². The molecule has 7 heteroatoms. The summed E-state index contributed by atoms with van der Waals surface area (Å²) in [7, 11) is -1.37. The van der Waals surface area contributed by atoms with Crippen molar-refractivity contribution in [1.82, 2.24) is 10.6 Å². The average Bonchev–Trinajstić information content (AvgIpc) is 3.10. The maximum absolute atomic E-state index is 11.5. The Labute approximate surface area is 175 Å². The molecule has 1 aromatic carbocycles. The lowest BCUT2D eigenvalue weighted by Crippen LogP contribution is -2.37. The van der Waals surface area contributed by atoms with Gasteiger partial charge in [-0.1, -0.05) is 50.7 Å². The number of rotatable bonds is 8. The molecule has 0 aromatic heterocycles. The lowest BCUT2D eigenvalue weighted by atomic mass is 10.0. The van der Waals surface area contributed by atoms with Crippen LogP contribution in [0.1, 0.15) is 50.5 Å². The Balaban J connectivity index is 0.00000338. The monoisotopic (exact) mass is 493 g/mol. The van der Waals surface area contributed by atoms with Gasteiger partial charge in [-0.15, -0.1) is 24.0 Å². The number of benzene rings is 1. The zero-order valence-electron chi connectivity index (χ0n) is 15.8. The molecule has 0 heterocycles. The molecule has 5 nitrogen and oxygen atoms in total. The van der Waals surface area contributed by atoms with Gasteiger partial charge in [0, 0.05) is 26.4 Å². The Hall–Kier alpha value is -0.830. The van der Waals surface area contributed by atoms with Gasteiger partial charge >= 0.3 is 0 Å². The molecule has 0 aliphatic heterocycles. The highest BCUT2D eigenvalue weighted by Gasteiger charge is 2.13. The molecule has 0 bridgehead atoms. The van der Waals surface area contributed by atoms with E-state index >= 15 is 0 Å². The van der Waals surface area contributed by atoms with Gasteiger partial charge in [-0.25, -0.2) is 8.42 Å². The van der Waals surface area contributed by atoms with Crippen molar-refractivity contribution in [2.45, 2.75) is 56.4 Å². The van der Waals surface area contributed by atoms with Crippen molar-refractivity contribution in [3.05, 3.63) is 29.8 Å². The molecular formula is C19H32IN3O2S. The van der Waals surface area contributed by atoms with E-state index in [9.17, 15) is 8.42 Å². The minimum absolute atomic E-state index is 0. The second-order valence-corrected chi connectivity index (χ2v) is 8.93. The molecule has 0 spiro atoms. The number of unbranched alkanes of at least 4 members (excludes halogenated alkanes) is 1. The third-order valence-corrected chi connectivity index (χ3v) is 5.97. The van der Waals surface area contributed by atoms with Crippen LogP contribution in [0.5, 0.6) is 0 Å². The van der Waals surface area contributed by atoms with Gasteiger partial charge in [0.15, 0.2) is 15.8 Å². The van der Waals surface area contributed by atoms with Gasteiger partial charge < -0.3 is 10.6 Å². The zero-order chi connectivity index (χ0) is 18.1. The first-order chi connectivity index (χ1) is 12.0. The van der Waals surface area contributed by atoms with Gasteiger partial charge in [0.05, 0.1) is 4.90 Å². The van der Waals surface area contributed by atoms with Crippen molar-refractivity contribution in [1.29, 1.82) is 0 Å². The summed E-state index contributed by atoms with van der Waals surface area (Å²) in [4.78, 5) is 4.58. The molecule has 2 rings (SSSR count). The van der Waals surface area contributed by atoms with E-state index in [1.54, 1.807) is 19.2 Å². The summed E-state index contributed by atoms with van der Waals surface area (Å²) in [6.45, 7) is 1.55. The Morgan fingerprint density at radius 3 is 2.35 bits per heavy atom. The molecule has 1 aliphatic carbocycles. The molecule has 1 aromatic rings. The maximum Gasteiger partial charge on any atom is 0.191 e. The highest BCUT2D eigenvalue weighted by molar-refractivity contribution is 14.0. The highest BCUT2D eigenvalue weighted by atomic mass is 127. The largest absolute Gasteiger partial charge is 0.356 e. The Morgan fingerprint density at radius 2 is 1.77 bits per heavy atom. The van der Waals surface area contributed by atoms with Crippen LogP contribution >= 0.6 is 24.0 Å². The average molecular weight is 493 g/mol. The van der Waals surface area contributed by atoms with E-state index in [-0.39, 0.29) is 24.0 Å². The smallest absolute Gasteiger partial charge is 0.191 e. The lowest BCUT2D eigenvalue weighted by molar-refractivity contribution is 0.472. The first-order valence-electron chi connectivity index (χ1n) is 9.22. The van der Waals surface area contributed by atoms with E-state index < -0.39 is 9.84 Å². The fourth-order valence-corrected chi connectivity index (χ4v) is 3.96. The second-order valence-electron chi connectivity index (χ2n) is 6.91. The van der Waals surface area contributed by atoms with Crippen molar-refractivity contribution in [3.8, 4) is 0 Å². The normalized spacial score (nSPS) is 15.5. The van der Waals surface area contributed by atoms with Crippen LogP contribution in [0.4, 0.5) is 0 Å². The molecule has 2 N–H and O–H groups in total. The number of sulfone groups is 1. The molecule has 0 atom stereocenters. The number of nitrogens with zero attached hydrogens (tertiary/aromatic N) is 1. The summed E-state index contributed by atoms with van der Waals surface area (Å²) in [6, 6.07) is 6.95. The zero-order valence-corrected chi connectivity index (χ0v) is 19.0. The number of hydrogen-bond donors (Lipinski definition) is 2. The van der Waals surface area contributed by atoms with Crippen LogP contribution in [0.25, 0.3) is 0 Å². The Kier molecular flexibility index (Phi) is 10.5. The summed E-state index contributed by atoms with van der Waals surface area (Å²) in [5.41, 5.74) is 1.02. The van der Waals surface area contributed by atoms with Crippen LogP contribution < -0.4 is 10.6 Å². The molecule has 148 valence electrons. The van der Waals surface area contributed by atoms with Crippen LogP contribution in [0.3, 0.4) is 0 Å². The molecular weight excluding hydrogens is 461 g/mol. The molecule has 1 aliphatic rings. The number of aliphatic imine (C=N–C) groups is 1. The van der Waals surface area contributed by atoms with Crippen LogP contribution in [0, 0.1) is 5.92 Å². The number of hydrogen-bond acceptors (Lipinski definition) is 3. The van der Waals surface area contributed by atoms with Gasteiger partial charge in [-0.05, 0) is 30.0 Å². The number of halogens is 1. The van der Waals surface area contributed by atoms with Crippen LogP contribution in [0.15, 0.2) is 34.2 Å². The van der Waals surface area contributed by atoms with E-state index in [1.165, 1.54) is 51.2 Å². The number of nitrogens with one attached hydrogen (secondary N) is 2. The van der Waals surface area contributed by atoms with Crippen molar-refractivity contribution in [2.24, 2.45) is 10.9 Å². The second kappa shape index (κ2) is 11.8. The molecule has 1 fully saturated rings. The summed E-state index contributed by atoms with van der Waals surface area (Å²) in [5.74, 6) is 1.75. The van der Waals surface area contributed by atoms with E-state index in [0.29, 0.717) is 11.4 Å². The fraction of sp³-hybridized carbons (Fsp3) is 0.632. The standard InChI is InChI=1S/C19H31N3O2S.HI/c1-20-19(21-14-6-5-9-16-7-3-4-8-16)22-15-17-10-12-18(13-11-17)25(2,23)24;/h10-13,16H,3-9,14-15H2,1-2H3,(H2,20,21,22);1H. The SMILES string of the molecule is CN=C(NCCCCC1CCCC1)NCc1ccc(S(C)(=O)=O)cc1.I. The van der Waals surface area contributed by atoms with Gasteiger partial charge in [0.1, 0.15) is 0 Å². The predicted octanol–water partition coefficient (Wildman–Crippen LogP) is 3.73. The van der Waals surface area contributed by atoms with Crippen LogP contribution in [0.2, 0.25) is 0 Å². The quantitative estimate of drug-likeness (QED) is 0.251. The summed E-state index contributed by atoms with van der Waals surface area (Å²) in [5, 5.41) is 6.61. The Morgan fingerprint density at radius 1 is 1.12 bits per heavy atom. The third kappa shape index (κ3) is 8.24. The minimum atomic E-state index is -3.14. The third-order valence-electron chi connectivity index (χ3n) is 4.84. The first-order valence-corrected chi connectivity index (χ1v) is 11.1. The summed E-state index contributed by atoms with van der Waals surface area (Å²) < 4.78 is 22.9. The van der Waals surface area contributed by atoms with E-state index in [2.05, 4.69) is 15.6 Å². The van der Waals surface area contributed by atoms with E-state index in [1.807, 2.05) is 12.1 Å². The molecule has 0 saturated heterocycles. The highest BCUT2D eigenvalue weighted by Crippen LogP contribution is 2.28. The first kappa shape index (κ1) is 23.2. The lowest BCUT2D eigenvalue weighted by Gasteiger charge is -2.13. The van der Waals surface area contributed by atoms with Crippen LogP contribution in [-0.4, -0.2) is 34.2 Å².